The van der Waals surface area contributed by atoms with E-state index >= 15 is 0 Å². The molecule has 0 spiro atoms. The van der Waals surface area contributed by atoms with Crippen LogP contribution in [-0.2, 0) is 4.79 Å². The van der Waals surface area contributed by atoms with Gasteiger partial charge in [-0.25, -0.2) is 0 Å². The summed E-state index contributed by atoms with van der Waals surface area (Å²) in [5, 5.41) is 12.2. The first-order valence-electron chi connectivity index (χ1n) is 9.56. The van der Waals surface area contributed by atoms with Gasteiger partial charge in [-0.05, 0) is 42.9 Å². The van der Waals surface area contributed by atoms with E-state index < -0.39 is 0 Å². The summed E-state index contributed by atoms with van der Waals surface area (Å²) < 4.78 is 1.91. The number of carbonyl (C=O) groups is 1. The number of nitrogens with zero attached hydrogens (tertiary/aromatic N) is 3. The smallest absolute Gasteiger partial charge is 0.230 e. The van der Waals surface area contributed by atoms with Gasteiger partial charge >= 0.3 is 0 Å². The second kappa shape index (κ2) is 8.19. The fourth-order valence-corrected chi connectivity index (χ4v) is 4.20. The van der Waals surface area contributed by atoms with E-state index in [2.05, 4.69) is 53.6 Å². The van der Waals surface area contributed by atoms with Crippen LogP contribution in [0.3, 0.4) is 0 Å². The fraction of sp³-hybridized carbons (Fsp3) is 0.318. The van der Waals surface area contributed by atoms with Crippen LogP contribution in [0.25, 0.3) is 5.69 Å². The molecule has 1 aromatic heterocycles. The Morgan fingerprint density at radius 1 is 1.21 bits per heavy atom. The molecule has 1 N–H and O–H groups in total. The summed E-state index contributed by atoms with van der Waals surface area (Å²) in [6.07, 6.45) is 2.85. The fourth-order valence-electron chi connectivity index (χ4n) is 3.46. The molecule has 0 aliphatic heterocycles. The van der Waals surface area contributed by atoms with E-state index in [0.29, 0.717) is 17.6 Å². The minimum absolute atomic E-state index is 0.0245. The van der Waals surface area contributed by atoms with Gasteiger partial charge in [0.2, 0.25) is 5.91 Å². The zero-order valence-electron chi connectivity index (χ0n) is 16.1. The van der Waals surface area contributed by atoms with Gasteiger partial charge < -0.3 is 5.32 Å². The number of rotatable bonds is 7. The van der Waals surface area contributed by atoms with Gasteiger partial charge in [0.05, 0.1) is 11.8 Å². The minimum atomic E-state index is 0.0245. The predicted molar refractivity (Wildman–Crippen MR) is 111 cm³/mol. The lowest BCUT2D eigenvalue weighted by Crippen LogP contribution is -2.31. The SMILES string of the molecule is Cc1ccc(-n2cnnc2SCC(=O)NC(c2ccccc2)C2CC2C)cc1. The van der Waals surface area contributed by atoms with E-state index in [1.165, 1.54) is 22.9 Å². The van der Waals surface area contributed by atoms with Crippen LogP contribution in [0.15, 0.2) is 66.1 Å². The lowest BCUT2D eigenvalue weighted by molar-refractivity contribution is -0.119. The molecule has 4 rings (SSSR count). The third kappa shape index (κ3) is 4.28. The molecule has 3 aromatic rings. The Morgan fingerprint density at radius 2 is 1.93 bits per heavy atom. The van der Waals surface area contributed by atoms with Crippen LogP contribution in [0.1, 0.15) is 30.5 Å². The molecule has 1 heterocycles. The molecule has 3 atom stereocenters. The molecule has 1 amide bonds. The summed E-state index contributed by atoms with van der Waals surface area (Å²) >= 11 is 1.41. The molecule has 2 aromatic carbocycles. The highest BCUT2D eigenvalue weighted by Gasteiger charge is 2.40. The van der Waals surface area contributed by atoms with Gasteiger partial charge in [-0.1, -0.05) is 66.7 Å². The Kier molecular flexibility index (Phi) is 5.48. The predicted octanol–water partition coefficient (Wildman–Crippen LogP) is 4.18. The molecule has 1 aliphatic carbocycles. The van der Waals surface area contributed by atoms with Crippen molar-refractivity contribution in [1.82, 2.24) is 20.1 Å². The molecule has 28 heavy (non-hydrogen) atoms. The molecule has 0 saturated heterocycles. The first-order chi connectivity index (χ1) is 13.6. The first kappa shape index (κ1) is 18.7. The quantitative estimate of drug-likeness (QED) is 0.613. The Labute approximate surface area is 169 Å². The average molecular weight is 393 g/mol. The Balaban J connectivity index is 1.41. The summed E-state index contributed by atoms with van der Waals surface area (Å²) in [5.41, 5.74) is 3.37. The van der Waals surface area contributed by atoms with E-state index in [4.69, 9.17) is 0 Å². The van der Waals surface area contributed by atoms with Crippen LogP contribution in [-0.4, -0.2) is 26.4 Å². The minimum Gasteiger partial charge on any atom is -0.348 e. The monoisotopic (exact) mass is 392 g/mol. The Hall–Kier alpha value is -2.60. The molecule has 1 saturated carbocycles. The van der Waals surface area contributed by atoms with E-state index in [-0.39, 0.29) is 11.9 Å². The van der Waals surface area contributed by atoms with E-state index in [1.807, 2.05) is 34.9 Å². The molecule has 0 radical (unpaired) electrons. The van der Waals surface area contributed by atoms with E-state index in [0.717, 1.165) is 17.3 Å². The number of hydrogen-bond donors (Lipinski definition) is 1. The van der Waals surface area contributed by atoms with Crippen molar-refractivity contribution in [3.05, 3.63) is 72.1 Å². The van der Waals surface area contributed by atoms with Gasteiger partial charge in [-0.15, -0.1) is 10.2 Å². The maximum Gasteiger partial charge on any atom is 0.230 e. The molecule has 144 valence electrons. The first-order valence-corrected chi connectivity index (χ1v) is 10.5. The zero-order chi connectivity index (χ0) is 19.5. The normalized spacial score (nSPS) is 19.2. The van der Waals surface area contributed by atoms with Crippen molar-refractivity contribution >= 4 is 17.7 Å². The Bertz CT molecular complexity index is 939. The maximum atomic E-state index is 12.7. The molecule has 0 bridgehead atoms. The highest BCUT2D eigenvalue weighted by Crippen LogP contribution is 2.46. The van der Waals surface area contributed by atoms with Crippen molar-refractivity contribution in [2.24, 2.45) is 11.8 Å². The van der Waals surface area contributed by atoms with Gasteiger partial charge in [-0.2, -0.15) is 0 Å². The summed E-state index contributed by atoms with van der Waals surface area (Å²) in [6.45, 7) is 4.30. The van der Waals surface area contributed by atoms with Gasteiger partial charge in [0, 0.05) is 5.69 Å². The van der Waals surface area contributed by atoms with Crippen LogP contribution in [0.2, 0.25) is 0 Å². The molecule has 1 aliphatic rings. The van der Waals surface area contributed by atoms with Crippen molar-refractivity contribution in [3.8, 4) is 5.69 Å². The van der Waals surface area contributed by atoms with Crippen LogP contribution in [0.4, 0.5) is 0 Å². The van der Waals surface area contributed by atoms with Gasteiger partial charge in [0.25, 0.3) is 0 Å². The van der Waals surface area contributed by atoms with Crippen LogP contribution in [0, 0.1) is 18.8 Å². The third-order valence-electron chi connectivity index (χ3n) is 5.24. The lowest BCUT2D eigenvalue weighted by atomic mass is 10.0. The zero-order valence-corrected chi connectivity index (χ0v) is 16.9. The maximum absolute atomic E-state index is 12.7. The van der Waals surface area contributed by atoms with Crippen LogP contribution >= 0.6 is 11.8 Å². The number of benzene rings is 2. The van der Waals surface area contributed by atoms with Crippen LogP contribution < -0.4 is 5.32 Å². The summed E-state index contributed by atoms with van der Waals surface area (Å²) in [4.78, 5) is 12.7. The van der Waals surface area contributed by atoms with Crippen LogP contribution in [0.5, 0.6) is 0 Å². The van der Waals surface area contributed by atoms with Gasteiger partial charge in [-0.3, -0.25) is 9.36 Å². The van der Waals surface area contributed by atoms with Crippen molar-refractivity contribution in [1.29, 1.82) is 0 Å². The second-order valence-corrected chi connectivity index (χ2v) is 8.38. The largest absolute Gasteiger partial charge is 0.348 e. The number of hydrogen-bond acceptors (Lipinski definition) is 4. The van der Waals surface area contributed by atoms with E-state index in [9.17, 15) is 4.79 Å². The number of thioether (sulfide) groups is 1. The number of amides is 1. The number of nitrogens with one attached hydrogen (secondary N) is 1. The van der Waals surface area contributed by atoms with Gasteiger partial charge in [0.15, 0.2) is 5.16 Å². The molecule has 6 heteroatoms. The lowest BCUT2D eigenvalue weighted by Gasteiger charge is -2.19. The molecule has 1 fully saturated rings. The second-order valence-electron chi connectivity index (χ2n) is 7.44. The topological polar surface area (TPSA) is 59.8 Å². The number of aryl methyl sites for hydroxylation is 1. The van der Waals surface area contributed by atoms with Crippen molar-refractivity contribution in [2.45, 2.75) is 31.5 Å². The van der Waals surface area contributed by atoms with Crippen molar-refractivity contribution < 1.29 is 4.79 Å². The molecule has 3 unspecified atom stereocenters. The molecular formula is C22H24N4OS. The average Bonchev–Trinajstić information content (AvgIpc) is 3.24. The number of carbonyl (C=O) groups excluding carboxylic acids is 1. The summed E-state index contributed by atoms with van der Waals surface area (Å²) in [6, 6.07) is 18.5. The molecule has 5 nitrogen and oxygen atoms in total. The number of aromatic nitrogens is 3. The summed E-state index contributed by atoms with van der Waals surface area (Å²) in [7, 11) is 0. The molecular weight excluding hydrogens is 368 g/mol. The Morgan fingerprint density at radius 3 is 2.61 bits per heavy atom. The van der Waals surface area contributed by atoms with Gasteiger partial charge in [0.1, 0.15) is 6.33 Å². The van der Waals surface area contributed by atoms with Crippen molar-refractivity contribution in [3.63, 3.8) is 0 Å². The highest BCUT2D eigenvalue weighted by atomic mass is 32.2. The summed E-state index contributed by atoms with van der Waals surface area (Å²) in [5.74, 6) is 1.52. The van der Waals surface area contributed by atoms with Crippen molar-refractivity contribution in [2.75, 3.05) is 5.75 Å². The highest BCUT2D eigenvalue weighted by molar-refractivity contribution is 7.99. The van der Waals surface area contributed by atoms with E-state index in [1.54, 1.807) is 6.33 Å². The standard InChI is InChI=1S/C22H24N4OS/c1-15-8-10-18(11-9-15)26-14-23-25-22(26)28-13-20(27)24-21(19-12-16(19)2)17-6-4-3-5-7-17/h3-11,14,16,19,21H,12-13H2,1-2H3,(H,24,27). The third-order valence-corrected chi connectivity index (χ3v) is 6.18.